The van der Waals surface area contributed by atoms with Gasteiger partial charge in [-0.1, -0.05) is 0 Å². The molecule has 0 radical (unpaired) electrons. The summed E-state index contributed by atoms with van der Waals surface area (Å²) in [5.74, 6) is -3.71. The fourth-order valence-corrected chi connectivity index (χ4v) is 4.20. The Morgan fingerprint density at radius 2 is 1.87 bits per heavy atom. The topological polar surface area (TPSA) is 113 Å². The highest BCUT2D eigenvalue weighted by Gasteiger charge is 2.52. The minimum absolute atomic E-state index is 0.434. The SMILES string of the molecule is CC1(C)C(=N)N[C@](C)(c2c(F)ccc([N+](=O)[O-])c2F)CS1(=O)=O. The molecule has 1 aliphatic heterocycles. The van der Waals surface area contributed by atoms with Gasteiger partial charge in [-0.3, -0.25) is 15.5 Å². The van der Waals surface area contributed by atoms with Gasteiger partial charge in [-0.25, -0.2) is 12.8 Å². The zero-order valence-corrected chi connectivity index (χ0v) is 13.4. The summed E-state index contributed by atoms with van der Waals surface area (Å²) in [6.45, 7) is 3.80. The molecule has 0 aromatic heterocycles. The highest BCUT2D eigenvalue weighted by atomic mass is 32.2. The number of hydrogen-bond acceptors (Lipinski definition) is 5. The standard InChI is InChI=1S/C13H15F2N3O4S/c1-12(2)11(16)17-13(3,6-23(12,21)22)9-7(14)4-5-8(10(9)15)18(19)20/h4-5H,6H2,1-3H3,(H2,16,17)/t13-/m0/s1. The molecule has 0 unspecified atom stereocenters. The molecule has 0 aliphatic carbocycles. The van der Waals surface area contributed by atoms with Crippen LogP contribution in [0.25, 0.3) is 0 Å². The Morgan fingerprint density at radius 1 is 1.30 bits per heavy atom. The smallest absolute Gasteiger partial charge is 0.305 e. The summed E-state index contributed by atoms with van der Waals surface area (Å²) < 4.78 is 51.8. The van der Waals surface area contributed by atoms with Crippen LogP contribution in [0.4, 0.5) is 14.5 Å². The zero-order chi connectivity index (χ0) is 17.8. The molecule has 1 atom stereocenters. The van der Waals surface area contributed by atoms with Gasteiger partial charge < -0.3 is 5.32 Å². The molecule has 10 heteroatoms. The Labute approximate surface area is 131 Å². The molecule has 1 aromatic rings. The van der Waals surface area contributed by atoms with E-state index in [2.05, 4.69) is 5.32 Å². The number of halogens is 2. The van der Waals surface area contributed by atoms with E-state index in [-0.39, 0.29) is 0 Å². The second kappa shape index (κ2) is 4.95. The number of hydrogen-bond donors (Lipinski definition) is 2. The van der Waals surface area contributed by atoms with E-state index in [1.165, 1.54) is 20.8 Å². The van der Waals surface area contributed by atoms with Crippen LogP contribution in [-0.4, -0.2) is 29.7 Å². The molecule has 1 aromatic carbocycles. The number of nitrogens with zero attached hydrogens (tertiary/aromatic N) is 1. The molecule has 0 saturated carbocycles. The van der Waals surface area contributed by atoms with Gasteiger partial charge in [0, 0.05) is 6.07 Å². The molecule has 1 fully saturated rings. The van der Waals surface area contributed by atoms with Crippen molar-refractivity contribution in [2.75, 3.05) is 5.75 Å². The maximum Gasteiger partial charge on any atom is 0.305 e. The number of benzene rings is 1. The number of nitrogens with one attached hydrogen (secondary N) is 2. The fourth-order valence-electron chi connectivity index (χ4n) is 2.50. The molecule has 1 aliphatic rings. The van der Waals surface area contributed by atoms with Crippen molar-refractivity contribution in [1.82, 2.24) is 5.32 Å². The molecule has 7 nitrogen and oxygen atoms in total. The van der Waals surface area contributed by atoms with E-state index in [1.807, 2.05) is 0 Å². The van der Waals surface area contributed by atoms with E-state index in [1.54, 1.807) is 0 Å². The Morgan fingerprint density at radius 3 is 2.35 bits per heavy atom. The highest BCUT2D eigenvalue weighted by molar-refractivity contribution is 7.93. The minimum atomic E-state index is -3.92. The summed E-state index contributed by atoms with van der Waals surface area (Å²) in [5.41, 5.74) is -3.56. The molecule has 2 rings (SSSR count). The first kappa shape index (κ1) is 17.3. The van der Waals surface area contributed by atoms with Crippen molar-refractivity contribution in [3.63, 3.8) is 0 Å². The van der Waals surface area contributed by atoms with Crippen LogP contribution >= 0.6 is 0 Å². The van der Waals surface area contributed by atoms with Crippen LogP contribution in [0.1, 0.15) is 26.3 Å². The third-order valence-corrected chi connectivity index (χ3v) is 6.79. The lowest BCUT2D eigenvalue weighted by molar-refractivity contribution is -0.387. The predicted octanol–water partition coefficient (Wildman–Crippen LogP) is 1.86. The van der Waals surface area contributed by atoms with E-state index in [0.717, 1.165) is 0 Å². The van der Waals surface area contributed by atoms with E-state index < -0.39 is 59.5 Å². The first-order valence-electron chi connectivity index (χ1n) is 6.56. The van der Waals surface area contributed by atoms with Crippen LogP contribution in [-0.2, 0) is 15.4 Å². The number of sulfone groups is 1. The average molecular weight is 347 g/mol. The summed E-state index contributed by atoms with van der Waals surface area (Å²) >= 11 is 0. The monoisotopic (exact) mass is 347 g/mol. The Balaban J connectivity index is 2.70. The van der Waals surface area contributed by atoms with Crippen molar-refractivity contribution in [2.24, 2.45) is 0 Å². The Kier molecular flexibility index (Phi) is 3.71. The number of amidine groups is 1. The van der Waals surface area contributed by atoms with Crippen molar-refractivity contribution in [3.8, 4) is 0 Å². The molecule has 23 heavy (non-hydrogen) atoms. The van der Waals surface area contributed by atoms with Crippen LogP contribution in [0.5, 0.6) is 0 Å². The van der Waals surface area contributed by atoms with Gasteiger partial charge in [0.15, 0.2) is 9.84 Å². The molecule has 0 amide bonds. The van der Waals surface area contributed by atoms with Gasteiger partial charge in [-0.15, -0.1) is 0 Å². The number of rotatable bonds is 2. The molecule has 0 spiro atoms. The van der Waals surface area contributed by atoms with Gasteiger partial charge in [-0.2, -0.15) is 4.39 Å². The maximum atomic E-state index is 14.4. The number of nitro benzene ring substituents is 1. The van der Waals surface area contributed by atoms with Crippen molar-refractivity contribution in [3.05, 3.63) is 39.4 Å². The van der Waals surface area contributed by atoms with Crippen molar-refractivity contribution in [1.29, 1.82) is 5.41 Å². The van der Waals surface area contributed by atoms with Gasteiger partial charge in [0.1, 0.15) is 16.4 Å². The highest BCUT2D eigenvalue weighted by Crippen LogP contribution is 2.38. The summed E-state index contributed by atoms with van der Waals surface area (Å²) in [7, 11) is -3.92. The van der Waals surface area contributed by atoms with Crippen LogP contribution < -0.4 is 5.32 Å². The molecule has 2 N–H and O–H groups in total. The van der Waals surface area contributed by atoms with Gasteiger partial charge in [0.25, 0.3) is 0 Å². The first-order valence-corrected chi connectivity index (χ1v) is 8.21. The van der Waals surface area contributed by atoms with Crippen LogP contribution in [0.15, 0.2) is 12.1 Å². The normalized spacial score (nSPS) is 25.7. The van der Waals surface area contributed by atoms with Crippen LogP contribution in [0, 0.1) is 27.2 Å². The minimum Gasteiger partial charge on any atom is -0.362 e. The Bertz CT molecular complexity index is 823. The summed E-state index contributed by atoms with van der Waals surface area (Å²) in [4.78, 5) is 9.81. The molecule has 1 heterocycles. The third-order valence-electron chi connectivity index (χ3n) is 4.08. The van der Waals surface area contributed by atoms with E-state index >= 15 is 0 Å². The van der Waals surface area contributed by atoms with Gasteiger partial charge in [0.05, 0.1) is 21.8 Å². The summed E-state index contributed by atoms with van der Waals surface area (Å²) in [6.07, 6.45) is 0. The first-order chi connectivity index (χ1) is 10.3. The largest absolute Gasteiger partial charge is 0.362 e. The van der Waals surface area contributed by atoms with Crippen LogP contribution in [0.3, 0.4) is 0 Å². The summed E-state index contributed by atoms with van der Waals surface area (Å²) in [6, 6.07) is 1.38. The van der Waals surface area contributed by atoms with E-state index in [4.69, 9.17) is 5.41 Å². The predicted molar refractivity (Wildman–Crippen MR) is 79.1 cm³/mol. The third kappa shape index (κ3) is 2.46. The second-order valence-electron chi connectivity index (χ2n) is 6.11. The average Bonchev–Trinajstić information content (AvgIpc) is 2.35. The lowest BCUT2D eigenvalue weighted by Crippen LogP contribution is -2.64. The quantitative estimate of drug-likeness (QED) is 0.626. The lowest BCUT2D eigenvalue weighted by Gasteiger charge is -2.43. The van der Waals surface area contributed by atoms with Crippen molar-refractivity contribution in [2.45, 2.75) is 31.1 Å². The zero-order valence-electron chi connectivity index (χ0n) is 12.6. The van der Waals surface area contributed by atoms with E-state index in [9.17, 15) is 27.3 Å². The van der Waals surface area contributed by atoms with Gasteiger partial charge >= 0.3 is 5.69 Å². The molecular weight excluding hydrogens is 332 g/mol. The Hall–Kier alpha value is -2.10. The van der Waals surface area contributed by atoms with Crippen LogP contribution in [0.2, 0.25) is 0 Å². The number of nitro groups is 1. The summed E-state index contributed by atoms with van der Waals surface area (Å²) in [5, 5.41) is 21.2. The molecule has 0 bridgehead atoms. The fraction of sp³-hybridized carbons (Fsp3) is 0.462. The van der Waals surface area contributed by atoms with Crippen molar-refractivity contribution < 1.29 is 22.1 Å². The molecular formula is C13H15F2N3O4S. The van der Waals surface area contributed by atoms with E-state index in [0.29, 0.717) is 12.1 Å². The second-order valence-corrected chi connectivity index (χ2v) is 8.65. The van der Waals surface area contributed by atoms with Gasteiger partial charge in [0.2, 0.25) is 5.82 Å². The van der Waals surface area contributed by atoms with Gasteiger partial charge in [-0.05, 0) is 26.8 Å². The molecule has 1 saturated heterocycles. The molecule has 126 valence electrons. The maximum absolute atomic E-state index is 14.4. The lowest BCUT2D eigenvalue weighted by atomic mass is 9.90. The van der Waals surface area contributed by atoms with Crippen molar-refractivity contribution >= 4 is 21.4 Å².